The third-order valence-electron chi connectivity index (χ3n) is 13.1. The van der Waals surface area contributed by atoms with Crippen LogP contribution in [-0.2, 0) is 33.2 Å². The number of unbranched alkanes of at least 4 members (excludes halogenated alkanes) is 5. The monoisotopic (exact) mass is 1090 g/mol. The van der Waals surface area contributed by atoms with E-state index >= 15 is 0 Å². The summed E-state index contributed by atoms with van der Waals surface area (Å²) < 4.78 is 33.9. The fourth-order valence-corrected chi connectivity index (χ4v) is 8.50. The van der Waals surface area contributed by atoms with E-state index in [2.05, 4.69) is 109 Å². The molecule has 12 N–H and O–H groups in total. The molecule has 19 heteroatoms. The van der Waals surface area contributed by atoms with Crippen LogP contribution in [-0.4, -0.2) is 193 Å². The average Bonchev–Trinajstić information content (AvgIpc) is 3.43. The summed E-state index contributed by atoms with van der Waals surface area (Å²) in [6.45, 7) is 1.29. The van der Waals surface area contributed by atoms with Gasteiger partial charge in [0.2, 0.25) is 5.91 Å². The molecule has 3 heterocycles. The minimum absolute atomic E-state index is 0.202. The standard InChI is InChI=1S/C58H93NO18/c1-3-5-7-8-9-10-11-12-13-14-15-16-17-18-19-20-21-22-23-24-25-26-27-28-29-30-31-32-34-36-46(64)59-41(42(63)35-33-6-4-2)40-72-56-52(70)49(67)54(44(38-61)74-56)77-58-53(71)50(68)55(45(39-62)75-58)76-57-51(69)48(66)47(65)43(37-60)73-57/h5,7,9-10,12-13,15-16,18-19,21-22,24-25,27-28,33,35,41-45,47-58,60-63,65-71H,3-4,6,8,11,14,17,20,23,26,29-32,34,36-40H2,1-2H3,(H,59,64)/b7-5-,10-9-,13-12-,16-15-,19-18-,22-21-,25-24-,28-27-,35-33+. The van der Waals surface area contributed by atoms with E-state index < -0.39 is 124 Å². The number of carbonyl (C=O) groups excluding carboxylic acids is 1. The van der Waals surface area contributed by atoms with Gasteiger partial charge in [-0.3, -0.25) is 4.79 Å². The second-order valence-electron chi connectivity index (χ2n) is 19.3. The predicted octanol–water partition coefficient (Wildman–Crippen LogP) is 3.58. The van der Waals surface area contributed by atoms with Crippen molar-refractivity contribution >= 4 is 5.91 Å². The maximum Gasteiger partial charge on any atom is 0.220 e. The van der Waals surface area contributed by atoms with E-state index in [9.17, 15) is 61.0 Å². The number of carbonyl (C=O) groups is 1. The van der Waals surface area contributed by atoms with Crippen LogP contribution in [0.5, 0.6) is 0 Å². The first-order valence-electron chi connectivity index (χ1n) is 27.6. The Morgan fingerprint density at radius 1 is 0.481 bits per heavy atom. The van der Waals surface area contributed by atoms with Crippen molar-refractivity contribution < 1.29 is 89.4 Å². The highest BCUT2D eigenvalue weighted by Gasteiger charge is 2.53. The minimum atomic E-state index is -1.98. The van der Waals surface area contributed by atoms with Gasteiger partial charge < -0.3 is 89.9 Å². The Balaban J connectivity index is 1.36. The van der Waals surface area contributed by atoms with E-state index in [0.717, 1.165) is 83.5 Å². The third-order valence-corrected chi connectivity index (χ3v) is 13.1. The molecule has 0 aromatic carbocycles. The molecule has 0 saturated carbocycles. The van der Waals surface area contributed by atoms with E-state index in [0.29, 0.717) is 12.8 Å². The minimum Gasteiger partial charge on any atom is -0.394 e. The quantitative estimate of drug-likeness (QED) is 0.0313. The van der Waals surface area contributed by atoms with Gasteiger partial charge in [0.05, 0.1) is 38.6 Å². The summed E-state index contributed by atoms with van der Waals surface area (Å²) in [5.74, 6) is -0.320. The zero-order chi connectivity index (χ0) is 56.2. The smallest absolute Gasteiger partial charge is 0.220 e. The van der Waals surface area contributed by atoms with Crippen LogP contribution in [0.3, 0.4) is 0 Å². The Morgan fingerprint density at radius 2 is 0.896 bits per heavy atom. The van der Waals surface area contributed by atoms with Gasteiger partial charge >= 0.3 is 0 Å². The van der Waals surface area contributed by atoms with Crippen LogP contribution in [0, 0.1) is 0 Å². The van der Waals surface area contributed by atoms with Crippen molar-refractivity contribution in [1.29, 1.82) is 0 Å². The van der Waals surface area contributed by atoms with Gasteiger partial charge in [0.1, 0.15) is 73.2 Å². The number of aliphatic hydroxyl groups is 11. The van der Waals surface area contributed by atoms with Crippen molar-refractivity contribution in [2.45, 2.75) is 221 Å². The van der Waals surface area contributed by atoms with Crippen molar-refractivity contribution in [1.82, 2.24) is 5.32 Å². The second-order valence-corrected chi connectivity index (χ2v) is 19.3. The van der Waals surface area contributed by atoms with Crippen LogP contribution in [0.25, 0.3) is 0 Å². The first kappa shape index (κ1) is 67.7. The lowest BCUT2D eigenvalue weighted by Gasteiger charge is -2.48. The van der Waals surface area contributed by atoms with Crippen LogP contribution in [0.1, 0.15) is 117 Å². The molecule has 0 aliphatic carbocycles. The normalized spacial score (nSPS) is 31.6. The Bertz CT molecular complexity index is 1830. The Labute approximate surface area is 455 Å². The van der Waals surface area contributed by atoms with Gasteiger partial charge in [-0.1, -0.05) is 142 Å². The zero-order valence-electron chi connectivity index (χ0n) is 45.1. The molecule has 0 bridgehead atoms. The van der Waals surface area contributed by atoms with Gasteiger partial charge in [0.25, 0.3) is 0 Å². The Kier molecular flexibility index (Phi) is 35.7. The summed E-state index contributed by atoms with van der Waals surface area (Å²) in [5.41, 5.74) is 0. The number of nitrogens with one attached hydrogen (secondary N) is 1. The van der Waals surface area contributed by atoms with Crippen molar-refractivity contribution in [3.63, 3.8) is 0 Å². The van der Waals surface area contributed by atoms with Crippen LogP contribution in [0.15, 0.2) is 109 Å². The maximum absolute atomic E-state index is 13.1. The van der Waals surface area contributed by atoms with E-state index in [4.69, 9.17) is 28.4 Å². The summed E-state index contributed by atoms with van der Waals surface area (Å²) in [6, 6.07) is -0.990. The van der Waals surface area contributed by atoms with Crippen LogP contribution < -0.4 is 5.32 Å². The van der Waals surface area contributed by atoms with Crippen LogP contribution in [0.4, 0.5) is 0 Å². The lowest BCUT2D eigenvalue weighted by atomic mass is 9.96. The lowest BCUT2D eigenvalue weighted by Crippen LogP contribution is -2.66. The molecule has 3 aliphatic rings. The number of rotatable bonds is 37. The van der Waals surface area contributed by atoms with Gasteiger partial charge in [-0.15, -0.1) is 0 Å². The van der Waals surface area contributed by atoms with Crippen LogP contribution in [0.2, 0.25) is 0 Å². The molecular formula is C58H93NO18. The molecule has 17 unspecified atom stereocenters. The molecule has 3 saturated heterocycles. The fraction of sp³-hybridized carbons (Fsp3) is 0.672. The van der Waals surface area contributed by atoms with Gasteiger partial charge in [-0.05, 0) is 77.0 Å². The maximum atomic E-state index is 13.1. The Hall–Kier alpha value is -3.55. The van der Waals surface area contributed by atoms with E-state index in [1.807, 2.05) is 6.92 Å². The van der Waals surface area contributed by atoms with E-state index in [1.54, 1.807) is 6.08 Å². The number of amides is 1. The molecule has 0 aromatic rings. The first-order valence-corrected chi connectivity index (χ1v) is 27.6. The van der Waals surface area contributed by atoms with Crippen molar-refractivity contribution in [2.75, 3.05) is 26.4 Å². The van der Waals surface area contributed by atoms with Crippen molar-refractivity contribution in [3.05, 3.63) is 109 Å². The number of ether oxygens (including phenoxy) is 6. The molecule has 77 heavy (non-hydrogen) atoms. The summed E-state index contributed by atoms with van der Waals surface area (Å²) in [6.07, 6.45) is 25.0. The second kappa shape index (κ2) is 40.6. The first-order chi connectivity index (χ1) is 37.3. The van der Waals surface area contributed by atoms with Gasteiger partial charge in [0.15, 0.2) is 18.9 Å². The Morgan fingerprint density at radius 3 is 1.36 bits per heavy atom. The lowest BCUT2D eigenvalue weighted by molar-refractivity contribution is -0.379. The van der Waals surface area contributed by atoms with Crippen LogP contribution >= 0.6 is 0 Å². The summed E-state index contributed by atoms with van der Waals surface area (Å²) >= 11 is 0. The fourth-order valence-electron chi connectivity index (χ4n) is 8.50. The average molecular weight is 1090 g/mol. The summed E-state index contributed by atoms with van der Waals surface area (Å²) in [4.78, 5) is 13.1. The SMILES string of the molecule is CC/C=C\C/C=C\C/C=C\C/C=C\C/C=C\C/C=C\C/C=C\C/C=C\CCCCCCC(=O)NC(COC1OC(CO)C(OC2OC(CO)C(OC3OC(CO)C(O)C(O)C3O)C(O)C2O)C(O)C1O)C(O)/C=C/CCC. The number of hydrogen-bond donors (Lipinski definition) is 12. The van der Waals surface area contributed by atoms with Gasteiger partial charge in [0, 0.05) is 6.42 Å². The molecule has 3 aliphatic heterocycles. The van der Waals surface area contributed by atoms with E-state index in [-0.39, 0.29) is 18.9 Å². The number of hydrogen-bond acceptors (Lipinski definition) is 18. The zero-order valence-corrected chi connectivity index (χ0v) is 45.1. The number of aliphatic hydroxyl groups excluding tert-OH is 11. The molecule has 0 spiro atoms. The highest BCUT2D eigenvalue weighted by atomic mass is 16.8. The number of allylic oxidation sites excluding steroid dienone is 17. The topological polar surface area (TPSA) is 307 Å². The largest absolute Gasteiger partial charge is 0.394 e. The molecule has 3 fully saturated rings. The molecule has 438 valence electrons. The van der Waals surface area contributed by atoms with Crippen molar-refractivity contribution in [2.24, 2.45) is 0 Å². The molecule has 19 nitrogen and oxygen atoms in total. The summed E-state index contributed by atoms with van der Waals surface area (Å²) in [5, 5.41) is 119. The molecule has 3 rings (SSSR count). The predicted molar refractivity (Wildman–Crippen MR) is 290 cm³/mol. The molecule has 0 aromatic heterocycles. The third kappa shape index (κ3) is 25.2. The molecule has 17 atom stereocenters. The van der Waals surface area contributed by atoms with Gasteiger partial charge in [-0.2, -0.15) is 0 Å². The van der Waals surface area contributed by atoms with E-state index in [1.165, 1.54) is 6.08 Å². The molecular weight excluding hydrogens is 999 g/mol. The molecule has 0 radical (unpaired) electrons. The van der Waals surface area contributed by atoms with Crippen molar-refractivity contribution in [3.8, 4) is 0 Å². The van der Waals surface area contributed by atoms with Gasteiger partial charge in [-0.25, -0.2) is 0 Å². The summed E-state index contributed by atoms with van der Waals surface area (Å²) in [7, 11) is 0. The molecule has 1 amide bonds. The highest BCUT2D eigenvalue weighted by molar-refractivity contribution is 5.76. The highest BCUT2D eigenvalue weighted by Crippen LogP contribution is 2.33.